The number of aliphatic hydroxyl groups is 1. The van der Waals surface area contributed by atoms with Crippen molar-refractivity contribution in [2.75, 3.05) is 12.4 Å². The minimum Gasteiger partial charge on any atom is -0.392 e. The Hall–Kier alpha value is -5.13. The summed E-state index contributed by atoms with van der Waals surface area (Å²) in [6.07, 6.45) is 6.90. The summed E-state index contributed by atoms with van der Waals surface area (Å²) in [7, 11) is 1.85. The molecule has 4 heterocycles. The highest BCUT2D eigenvalue weighted by molar-refractivity contribution is 5.92. The van der Waals surface area contributed by atoms with Gasteiger partial charge in [-0.05, 0) is 78.7 Å². The molecule has 0 aliphatic heterocycles. The number of halogens is 1. The largest absolute Gasteiger partial charge is 0.392 e. The van der Waals surface area contributed by atoms with Gasteiger partial charge in [-0.15, -0.1) is 5.10 Å². The van der Waals surface area contributed by atoms with Crippen LogP contribution in [0.4, 0.5) is 16.0 Å². The number of aliphatic hydroxyl groups excluding tert-OH is 1. The van der Waals surface area contributed by atoms with E-state index in [1.807, 2.05) is 19.2 Å². The maximum Gasteiger partial charge on any atom is 0.265 e. The lowest BCUT2D eigenvalue weighted by Gasteiger charge is -2.16. The number of benzene rings is 2. The zero-order valence-corrected chi connectivity index (χ0v) is 23.3. The van der Waals surface area contributed by atoms with E-state index >= 15 is 4.39 Å². The van der Waals surface area contributed by atoms with E-state index in [0.29, 0.717) is 51.5 Å². The van der Waals surface area contributed by atoms with Crippen LogP contribution in [0.3, 0.4) is 0 Å². The third-order valence-corrected chi connectivity index (χ3v) is 7.86. The molecule has 1 fully saturated rings. The summed E-state index contributed by atoms with van der Waals surface area (Å²) in [4.78, 5) is 33.8. The molecule has 7 rings (SSSR count). The van der Waals surface area contributed by atoms with E-state index in [-0.39, 0.29) is 16.8 Å². The van der Waals surface area contributed by atoms with Gasteiger partial charge in [0.2, 0.25) is 0 Å². The Labute approximate surface area is 244 Å². The number of aromatic amines is 1. The number of nitrogens with zero attached hydrogens (tertiary/aromatic N) is 4. The SMILES string of the molecule is CNCc1ccc(Nc2nn(-c3cccc(-n4ccc5cc(C6CC6)cc(F)c5c4=O)c3CO)c3cc[nH]c(=O)c23)nc1. The van der Waals surface area contributed by atoms with Crippen molar-refractivity contribution >= 4 is 33.3 Å². The Bertz CT molecular complexity index is 2130. The van der Waals surface area contributed by atoms with E-state index in [1.165, 1.54) is 16.8 Å². The van der Waals surface area contributed by atoms with Gasteiger partial charge in [-0.1, -0.05) is 18.2 Å². The summed E-state index contributed by atoms with van der Waals surface area (Å²) in [6, 6.07) is 15.6. The van der Waals surface area contributed by atoms with E-state index < -0.39 is 18.0 Å². The van der Waals surface area contributed by atoms with Crippen molar-refractivity contribution in [2.45, 2.75) is 31.9 Å². The number of H-pyrrole nitrogens is 1. The monoisotopic (exact) mass is 577 g/mol. The van der Waals surface area contributed by atoms with Gasteiger partial charge in [-0.25, -0.2) is 14.1 Å². The topological polar surface area (TPSA) is 130 Å². The van der Waals surface area contributed by atoms with Crippen molar-refractivity contribution in [3.63, 3.8) is 0 Å². The first-order valence-corrected chi connectivity index (χ1v) is 14.0. The van der Waals surface area contributed by atoms with Crippen molar-refractivity contribution in [3.05, 3.63) is 116 Å². The summed E-state index contributed by atoms with van der Waals surface area (Å²) in [5.41, 5.74) is 2.72. The Morgan fingerprint density at radius 3 is 2.65 bits per heavy atom. The molecule has 1 aliphatic carbocycles. The second-order valence-corrected chi connectivity index (χ2v) is 10.7. The molecule has 0 unspecified atom stereocenters. The zero-order chi connectivity index (χ0) is 29.7. The average molecular weight is 578 g/mol. The highest BCUT2D eigenvalue weighted by Crippen LogP contribution is 2.41. The first-order chi connectivity index (χ1) is 21.0. The van der Waals surface area contributed by atoms with E-state index in [1.54, 1.807) is 53.5 Å². The van der Waals surface area contributed by atoms with Gasteiger partial charge < -0.3 is 20.7 Å². The first kappa shape index (κ1) is 26.7. The Morgan fingerprint density at radius 2 is 1.91 bits per heavy atom. The molecule has 1 saturated carbocycles. The normalized spacial score (nSPS) is 13.2. The van der Waals surface area contributed by atoms with Gasteiger partial charge in [0.1, 0.15) is 17.0 Å². The van der Waals surface area contributed by atoms with Gasteiger partial charge in [-0.2, -0.15) is 0 Å². The van der Waals surface area contributed by atoms with Crippen LogP contribution < -0.4 is 21.8 Å². The molecule has 0 radical (unpaired) electrons. The quantitative estimate of drug-likeness (QED) is 0.211. The molecule has 0 amide bonds. The Morgan fingerprint density at radius 1 is 1.07 bits per heavy atom. The lowest BCUT2D eigenvalue weighted by molar-refractivity contribution is 0.281. The fraction of sp³-hybridized carbons (Fsp3) is 0.188. The number of nitrogens with one attached hydrogen (secondary N) is 3. The van der Waals surface area contributed by atoms with Crippen LogP contribution >= 0.6 is 0 Å². The molecular formula is C32H28FN7O3. The lowest BCUT2D eigenvalue weighted by atomic mass is 10.0. The molecule has 0 atom stereocenters. The molecular weight excluding hydrogens is 549 g/mol. The van der Waals surface area contributed by atoms with Crippen molar-refractivity contribution in [1.29, 1.82) is 0 Å². The van der Waals surface area contributed by atoms with Crippen molar-refractivity contribution in [3.8, 4) is 11.4 Å². The number of hydrogen-bond donors (Lipinski definition) is 4. The number of anilines is 2. The number of hydrogen-bond acceptors (Lipinski definition) is 7. The smallest absolute Gasteiger partial charge is 0.265 e. The highest BCUT2D eigenvalue weighted by atomic mass is 19.1. The Balaban J connectivity index is 1.36. The third kappa shape index (κ3) is 4.68. The maximum atomic E-state index is 15.2. The molecule has 0 bridgehead atoms. The van der Waals surface area contributed by atoms with Crippen molar-refractivity contribution in [1.82, 2.24) is 29.6 Å². The molecule has 216 valence electrons. The summed E-state index contributed by atoms with van der Waals surface area (Å²) in [5, 5.41) is 22.4. The van der Waals surface area contributed by atoms with E-state index in [2.05, 4.69) is 20.6 Å². The van der Waals surface area contributed by atoms with Crippen LogP contribution in [0.1, 0.15) is 35.4 Å². The number of rotatable bonds is 8. The summed E-state index contributed by atoms with van der Waals surface area (Å²) < 4.78 is 18.1. The standard InChI is InChI=1S/C32H28FN7O3/c1-34-15-18-5-8-27(36-16-18)37-30-29-26(9-11-35-31(29)42)40(38-30)25-4-2-3-24(22(25)17-41)39-12-10-20-13-21(19-6-7-19)14-23(33)28(20)32(39)43/h2-5,8-14,16,19,34,41H,6-7,15,17H2,1H3,(H,35,42)(H,36,37,38). The second kappa shape index (κ2) is 10.6. The van der Waals surface area contributed by atoms with Crippen LogP contribution in [0.5, 0.6) is 0 Å². The van der Waals surface area contributed by atoms with E-state index in [0.717, 1.165) is 24.0 Å². The molecule has 2 aromatic carbocycles. The fourth-order valence-electron chi connectivity index (χ4n) is 5.62. The maximum absolute atomic E-state index is 15.2. The fourth-order valence-corrected chi connectivity index (χ4v) is 5.62. The van der Waals surface area contributed by atoms with E-state index in [4.69, 9.17) is 5.10 Å². The first-order valence-electron chi connectivity index (χ1n) is 14.0. The predicted octanol–water partition coefficient (Wildman–Crippen LogP) is 4.38. The summed E-state index contributed by atoms with van der Waals surface area (Å²) in [6.45, 7) is 0.222. The van der Waals surface area contributed by atoms with Gasteiger partial charge in [0.05, 0.1) is 28.9 Å². The van der Waals surface area contributed by atoms with Crippen LogP contribution in [-0.2, 0) is 13.2 Å². The van der Waals surface area contributed by atoms with Gasteiger partial charge >= 0.3 is 0 Å². The molecule has 4 N–H and O–H groups in total. The van der Waals surface area contributed by atoms with Gasteiger partial charge in [0.25, 0.3) is 11.1 Å². The molecule has 6 aromatic rings. The second-order valence-electron chi connectivity index (χ2n) is 10.7. The Kier molecular flexibility index (Phi) is 6.60. The van der Waals surface area contributed by atoms with Crippen molar-refractivity contribution < 1.29 is 9.50 Å². The van der Waals surface area contributed by atoms with Gasteiger partial charge in [-0.3, -0.25) is 14.2 Å². The molecule has 43 heavy (non-hydrogen) atoms. The van der Waals surface area contributed by atoms with Crippen LogP contribution in [0, 0.1) is 5.82 Å². The molecule has 1 aliphatic rings. The number of aromatic nitrogens is 5. The number of pyridine rings is 3. The number of fused-ring (bicyclic) bond motifs is 2. The third-order valence-electron chi connectivity index (χ3n) is 7.86. The summed E-state index contributed by atoms with van der Waals surface area (Å²) >= 11 is 0. The molecule has 10 nitrogen and oxygen atoms in total. The van der Waals surface area contributed by atoms with Crippen LogP contribution in [0.2, 0.25) is 0 Å². The minimum absolute atomic E-state index is 0.00279. The van der Waals surface area contributed by atoms with Crippen LogP contribution in [-0.4, -0.2) is 36.5 Å². The molecule has 0 spiro atoms. The van der Waals surface area contributed by atoms with Crippen LogP contribution in [0.15, 0.2) is 82.8 Å². The molecule has 0 saturated heterocycles. The van der Waals surface area contributed by atoms with Crippen LogP contribution in [0.25, 0.3) is 33.1 Å². The minimum atomic E-state index is -0.555. The predicted molar refractivity (Wildman–Crippen MR) is 163 cm³/mol. The highest BCUT2D eigenvalue weighted by Gasteiger charge is 2.26. The van der Waals surface area contributed by atoms with Gasteiger partial charge in [0.15, 0.2) is 5.82 Å². The lowest BCUT2D eigenvalue weighted by Crippen LogP contribution is -2.21. The zero-order valence-electron chi connectivity index (χ0n) is 23.3. The average Bonchev–Trinajstić information content (AvgIpc) is 3.80. The summed E-state index contributed by atoms with van der Waals surface area (Å²) in [5.74, 6) is 0.570. The van der Waals surface area contributed by atoms with Crippen molar-refractivity contribution in [2.24, 2.45) is 0 Å². The van der Waals surface area contributed by atoms with E-state index in [9.17, 15) is 14.7 Å². The molecule has 4 aromatic heterocycles. The molecule has 11 heteroatoms. The van der Waals surface area contributed by atoms with Gasteiger partial charge in [0, 0.05) is 30.7 Å².